The van der Waals surface area contributed by atoms with Crippen LogP contribution >= 0.6 is 0 Å². The van der Waals surface area contributed by atoms with Gasteiger partial charge in [0, 0.05) is 0 Å². The second-order valence-corrected chi connectivity index (χ2v) is 16.0. The smallest absolute Gasteiger partial charge is 0.309 e. The topological polar surface area (TPSA) is 89.9 Å². The van der Waals surface area contributed by atoms with E-state index >= 15 is 0 Å². The van der Waals surface area contributed by atoms with Gasteiger partial charge in [-0.3, -0.25) is 14.4 Å². The van der Waals surface area contributed by atoms with Crippen molar-refractivity contribution >= 4 is 17.9 Å². The Morgan fingerprint density at radius 1 is 0.423 bits per heavy atom. The number of carbonyl (C=O) groups excluding carboxylic acids is 2. The van der Waals surface area contributed by atoms with Gasteiger partial charge in [-0.1, -0.05) is 220 Å². The highest BCUT2D eigenvalue weighted by Crippen LogP contribution is 2.21. The Morgan fingerprint density at radius 3 is 1.12 bits per heavy atom. The molecule has 0 bridgehead atoms. The maximum absolute atomic E-state index is 13.2. The molecule has 0 saturated carbocycles. The van der Waals surface area contributed by atoms with Crippen LogP contribution in [-0.4, -0.2) is 35.7 Å². The molecule has 0 aliphatic rings. The van der Waals surface area contributed by atoms with E-state index in [1.807, 2.05) is 0 Å². The predicted molar refractivity (Wildman–Crippen MR) is 220 cm³/mol. The molecule has 0 spiro atoms. The third-order valence-corrected chi connectivity index (χ3v) is 10.7. The molecule has 2 unspecified atom stereocenters. The van der Waals surface area contributed by atoms with Gasteiger partial charge in [0.15, 0.2) is 0 Å². The van der Waals surface area contributed by atoms with E-state index in [2.05, 4.69) is 20.8 Å². The standard InChI is InChI=1S/C46H88O6/c1-4-7-10-13-16-19-20-21-22-23-24-25-27-28-31-34-37-42(46(50)51-39-36-33-30-18-15-12-9-6-3)40-45(49)52-43(41-44(47)48)38-35-32-29-26-17-14-11-8-5-2/h42-43H,4-41H2,1-3H3,(H,47,48). The molecule has 0 aromatic carbocycles. The molecule has 0 saturated heterocycles. The van der Waals surface area contributed by atoms with E-state index in [0.29, 0.717) is 19.4 Å². The molecule has 0 aromatic heterocycles. The highest BCUT2D eigenvalue weighted by atomic mass is 16.5. The summed E-state index contributed by atoms with van der Waals surface area (Å²) < 4.78 is 11.4. The predicted octanol–water partition coefficient (Wildman–Crippen LogP) is 14.6. The second kappa shape index (κ2) is 40.6. The van der Waals surface area contributed by atoms with Gasteiger partial charge in [0.05, 0.1) is 25.4 Å². The first kappa shape index (κ1) is 50.4. The van der Waals surface area contributed by atoms with Crippen LogP contribution in [0.2, 0.25) is 0 Å². The Labute approximate surface area is 323 Å². The van der Waals surface area contributed by atoms with Crippen molar-refractivity contribution in [2.45, 2.75) is 264 Å². The average Bonchev–Trinajstić information content (AvgIpc) is 3.12. The van der Waals surface area contributed by atoms with E-state index in [-0.39, 0.29) is 18.8 Å². The zero-order valence-corrected chi connectivity index (χ0v) is 35.0. The maximum Gasteiger partial charge on any atom is 0.309 e. The van der Waals surface area contributed by atoms with Crippen molar-refractivity contribution < 1.29 is 29.0 Å². The summed E-state index contributed by atoms with van der Waals surface area (Å²) >= 11 is 0. The number of esters is 2. The molecule has 0 fully saturated rings. The molecule has 6 nitrogen and oxygen atoms in total. The van der Waals surface area contributed by atoms with Crippen molar-refractivity contribution in [3.8, 4) is 0 Å². The molecule has 0 aliphatic carbocycles. The van der Waals surface area contributed by atoms with Crippen LogP contribution in [0.1, 0.15) is 258 Å². The van der Waals surface area contributed by atoms with E-state index < -0.39 is 24.0 Å². The highest BCUT2D eigenvalue weighted by Gasteiger charge is 2.26. The minimum atomic E-state index is -0.955. The number of carbonyl (C=O) groups is 3. The van der Waals surface area contributed by atoms with Crippen molar-refractivity contribution in [2.75, 3.05) is 6.61 Å². The van der Waals surface area contributed by atoms with Gasteiger partial charge >= 0.3 is 17.9 Å². The quantitative estimate of drug-likeness (QED) is 0.0496. The largest absolute Gasteiger partial charge is 0.481 e. The minimum Gasteiger partial charge on any atom is -0.481 e. The highest BCUT2D eigenvalue weighted by molar-refractivity contribution is 5.80. The molecule has 0 rings (SSSR count). The number of rotatable bonds is 42. The number of aliphatic carboxylic acids is 1. The zero-order valence-electron chi connectivity index (χ0n) is 35.0. The van der Waals surface area contributed by atoms with Crippen molar-refractivity contribution in [1.82, 2.24) is 0 Å². The lowest BCUT2D eigenvalue weighted by Crippen LogP contribution is -2.26. The molecule has 2 atom stereocenters. The molecule has 0 aliphatic heterocycles. The number of hydrogen-bond acceptors (Lipinski definition) is 5. The van der Waals surface area contributed by atoms with E-state index in [4.69, 9.17) is 9.47 Å². The van der Waals surface area contributed by atoms with Gasteiger partial charge in [-0.25, -0.2) is 0 Å². The Balaban J connectivity index is 4.58. The van der Waals surface area contributed by atoms with Crippen LogP contribution in [-0.2, 0) is 23.9 Å². The number of carboxylic acid groups (broad SMARTS) is 1. The van der Waals surface area contributed by atoms with Crippen LogP contribution in [0.3, 0.4) is 0 Å². The van der Waals surface area contributed by atoms with E-state index in [9.17, 15) is 19.5 Å². The molecule has 0 radical (unpaired) electrons. The fraction of sp³-hybridized carbons (Fsp3) is 0.935. The second-order valence-electron chi connectivity index (χ2n) is 16.0. The summed E-state index contributed by atoms with van der Waals surface area (Å²) in [6.45, 7) is 7.14. The summed E-state index contributed by atoms with van der Waals surface area (Å²) in [5.41, 5.74) is 0. The summed E-state index contributed by atoms with van der Waals surface area (Å²) in [4.78, 5) is 37.8. The van der Waals surface area contributed by atoms with Crippen LogP contribution < -0.4 is 0 Å². The first-order valence-corrected chi connectivity index (χ1v) is 23.0. The molecule has 308 valence electrons. The van der Waals surface area contributed by atoms with Crippen LogP contribution in [0, 0.1) is 5.92 Å². The lowest BCUT2D eigenvalue weighted by atomic mass is 9.96. The Kier molecular flexibility index (Phi) is 39.4. The van der Waals surface area contributed by atoms with E-state index in [1.54, 1.807) is 0 Å². The van der Waals surface area contributed by atoms with Gasteiger partial charge in [-0.2, -0.15) is 0 Å². The fourth-order valence-electron chi connectivity index (χ4n) is 7.28. The van der Waals surface area contributed by atoms with Crippen LogP contribution in [0.4, 0.5) is 0 Å². The number of ether oxygens (including phenoxy) is 2. The fourth-order valence-corrected chi connectivity index (χ4v) is 7.28. The third-order valence-electron chi connectivity index (χ3n) is 10.7. The summed E-state index contributed by atoms with van der Waals surface area (Å²) in [6.07, 6.45) is 41.1. The van der Waals surface area contributed by atoms with Crippen molar-refractivity contribution in [2.24, 2.45) is 5.92 Å². The van der Waals surface area contributed by atoms with Gasteiger partial charge in [-0.05, 0) is 25.7 Å². The normalized spacial score (nSPS) is 12.5. The maximum atomic E-state index is 13.2. The van der Waals surface area contributed by atoms with Crippen LogP contribution in [0.25, 0.3) is 0 Å². The number of unbranched alkanes of at least 4 members (excludes halogenated alkanes) is 30. The summed E-state index contributed by atoms with van der Waals surface area (Å²) in [5, 5.41) is 9.47. The van der Waals surface area contributed by atoms with Gasteiger partial charge in [0.25, 0.3) is 0 Å². The summed E-state index contributed by atoms with van der Waals surface area (Å²) in [7, 11) is 0. The number of carboxylic acids is 1. The SMILES string of the molecule is CCCCCCCCCCCCCCCCCCC(CC(=O)OC(CCCCCCCCCCC)CC(=O)O)C(=O)OCCCCCCCCCC. The third kappa shape index (κ3) is 36.8. The summed E-state index contributed by atoms with van der Waals surface area (Å²) in [5.74, 6) is -2.24. The zero-order chi connectivity index (χ0) is 38.2. The monoisotopic (exact) mass is 737 g/mol. The Morgan fingerprint density at radius 2 is 0.750 bits per heavy atom. The van der Waals surface area contributed by atoms with Crippen molar-refractivity contribution in [3.63, 3.8) is 0 Å². The Hall–Kier alpha value is -1.59. The summed E-state index contributed by atoms with van der Waals surface area (Å²) in [6, 6.07) is 0. The molecule has 6 heteroatoms. The number of hydrogen-bond donors (Lipinski definition) is 1. The van der Waals surface area contributed by atoms with Crippen LogP contribution in [0.5, 0.6) is 0 Å². The minimum absolute atomic E-state index is 0.0249. The molecule has 0 heterocycles. The first-order valence-electron chi connectivity index (χ1n) is 23.0. The van der Waals surface area contributed by atoms with Gasteiger partial charge < -0.3 is 14.6 Å². The molecule has 52 heavy (non-hydrogen) atoms. The molecule has 0 aromatic rings. The van der Waals surface area contributed by atoms with Crippen molar-refractivity contribution in [3.05, 3.63) is 0 Å². The average molecular weight is 737 g/mol. The van der Waals surface area contributed by atoms with Crippen LogP contribution in [0.15, 0.2) is 0 Å². The van der Waals surface area contributed by atoms with Crippen molar-refractivity contribution in [1.29, 1.82) is 0 Å². The van der Waals surface area contributed by atoms with Gasteiger partial charge in [0.2, 0.25) is 0 Å². The lowest BCUT2D eigenvalue weighted by molar-refractivity contribution is -0.160. The molecular weight excluding hydrogens is 649 g/mol. The van der Waals surface area contributed by atoms with E-state index in [0.717, 1.165) is 51.4 Å². The first-order chi connectivity index (χ1) is 25.4. The van der Waals surface area contributed by atoms with E-state index in [1.165, 1.54) is 161 Å². The molecular formula is C46H88O6. The van der Waals surface area contributed by atoms with Gasteiger partial charge in [-0.15, -0.1) is 0 Å². The van der Waals surface area contributed by atoms with Gasteiger partial charge in [0.1, 0.15) is 6.10 Å². The molecule has 1 N–H and O–H groups in total. The Bertz CT molecular complexity index is 783. The lowest BCUT2D eigenvalue weighted by Gasteiger charge is -2.19. The molecule has 0 amide bonds.